The lowest BCUT2D eigenvalue weighted by molar-refractivity contribution is 0.200. The normalized spacial score (nSPS) is 12.8. The Balaban J connectivity index is 2.25. The number of anilines is 1. The first-order chi connectivity index (χ1) is 9.22. The molecule has 2 rings (SSSR count). The number of hydrogen-bond acceptors (Lipinski definition) is 6. The Morgan fingerprint density at radius 3 is 2.95 bits per heavy atom. The summed E-state index contributed by atoms with van der Waals surface area (Å²) in [4.78, 5) is 0. The van der Waals surface area contributed by atoms with Crippen molar-refractivity contribution in [2.45, 2.75) is 13.0 Å². The number of nitrogens with one attached hydrogen (secondary N) is 2. The third kappa shape index (κ3) is 2.94. The molecule has 2 aromatic rings. The van der Waals surface area contributed by atoms with Crippen LogP contribution in [0.3, 0.4) is 0 Å². The molecule has 1 aromatic carbocycles. The molecule has 0 saturated carbocycles. The summed E-state index contributed by atoms with van der Waals surface area (Å²) in [6.45, 7) is 1.68. The Morgan fingerprint density at radius 2 is 2.32 bits per heavy atom. The van der Waals surface area contributed by atoms with Crippen molar-refractivity contribution in [3.8, 4) is 6.07 Å². The number of hydrogen-bond donors (Lipinski definition) is 3. The van der Waals surface area contributed by atoms with Gasteiger partial charge >= 0.3 is 0 Å². The van der Waals surface area contributed by atoms with Crippen molar-refractivity contribution in [2.24, 2.45) is 0 Å². The number of aromatic nitrogens is 4. The fraction of sp³-hybridized carbons (Fsp3) is 0.167. The van der Waals surface area contributed by atoms with Crippen molar-refractivity contribution in [2.75, 3.05) is 5.32 Å². The quantitative estimate of drug-likeness (QED) is 0.709. The van der Waals surface area contributed by atoms with E-state index in [9.17, 15) is 5.11 Å². The SMILES string of the molecule is CC(O)c1ccccc1NC=C(C#N)c1nn[nH]n1. The molecule has 19 heavy (non-hydrogen) atoms. The van der Waals surface area contributed by atoms with E-state index in [1.807, 2.05) is 24.3 Å². The van der Waals surface area contributed by atoms with Gasteiger partial charge in [-0.25, -0.2) is 0 Å². The van der Waals surface area contributed by atoms with Gasteiger partial charge in [-0.1, -0.05) is 18.2 Å². The van der Waals surface area contributed by atoms with Crippen LogP contribution >= 0.6 is 0 Å². The summed E-state index contributed by atoms with van der Waals surface area (Å²) in [5.41, 5.74) is 1.70. The highest BCUT2D eigenvalue weighted by molar-refractivity contribution is 5.74. The van der Waals surface area contributed by atoms with Crippen molar-refractivity contribution in [3.63, 3.8) is 0 Å². The molecule has 1 unspecified atom stereocenters. The minimum atomic E-state index is -0.604. The van der Waals surface area contributed by atoms with Crippen LogP contribution in [0.25, 0.3) is 5.57 Å². The van der Waals surface area contributed by atoms with Crippen molar-refractivity contribution in [3.05, 3.63) is 41.9 Å². The Kier molecular flexibility index (Phi) is 3.85. The lowest BCUT2D eigenvalue weighted by Gasteiger charge is -2.11. The van der Waals surface area contributed by atoms with Gasteiger partial charge in [-0.3, -0.25) is 0 Å². The van der Waals surface area contributed by atoms with Gasteiger partial charge < -0.3 is 10.4 Å². The highest BCUT2D eigenvalue weighted by Gasteiger charge is 2.08. The Hall–Kier alpha value is -2.72. The van der Waals surface area contributed by atoms with Gasteiger partial charge in [-0.15, -0.1) is 10.2 Å². The van der Waals surface area contributed by atoms with E-state index in [0.717, 1.165) is 5.56 Å². The van der Waals surface area contributed by atoms with Crippen LogP contribution in [-0.4, -0.2) is 25.7 Å². The van der Waals surface area contributed by atoms with Crippen LogP contribution in [0.1, 0.15) is 24.4 Å². The first-order valence-corrected chi connectivity index (χ1v) is 5.60. The average Bonchev–Trinajstić information content (AvgIpc) is 2.94. The predicted molar refractivity (Wildman–Crippen MR) is 68.5 cm³/mol. The van der Waals surface area contributed by atoms with E-state index in [-0.39, 0.29) is 11.4 Å². The zero-order valence-corrected chi connectivity index (χ0v) is 10.2. The number of benzene rings is 1. The number of nitrogens with zero attached hydrogens (tertiary/aromatic N) is 4. The molecule has 0 saturated heterocycles. The van der Waals surface area contributed by atoms with E-state index in [4.69, 9.17) is 5.26 Å². The van der Waals surface area contributed by atoms with E-state index in [2.05, 4.69) is 25.9 Å². The number of rotatable bonds is 4. The summed E-state index contributed by atoms with van der Waals surface area (Å²) in [5.74, 6) is 0.213. The van der Waals surface area contributed by atoms with Crippen LogP contribution in [-0.2, 0) is 0 Å². The predicted octanol–water partition coefficient (Wildman–Crippen LogP) is 1.23. The van der Waals surface area contributed by atoms with E-state index in [0.29, 0.717) is 5.69 Å². The lowest BCUT2D eigenvalue weighted by Crippen LogP contribution is -1.99. The maximum Gasteiger partial charge on any atom is 0.216 e. The summed E-state index contributed by atoms with van der Waals surface area (Å²) in [6, 6.07) is 9.26. The second-order valence-electron chi connectivity index (χ2n) is 3.81. The van der Waals surface area contributed by atoms with E-state index >= 15 is 0 Å². The second kappa shape index (κ2) is 5.75. The minimum Gasteiger partial charge on any atom is -0.389 e. The fourth-order valence-electron chi connectivity index (χ4n) is 1.57. The van der Waals surface area contributed by atoms with E-state index in [1.54, 1.807) is 13.0 Å². The topological polar surface area (TPSA) is 111 Å². The van der Waals surface area contributed by atoms with Gasteiger partial charge in [0.15, 0.2) is 0 Å². The third-order valence-corrected chi connectivity index (χ3v) is 2.49. The molecule has 96 valence electrons. The molecule has 0 fully saturated rings. The Labute approximate surface area is 109 Å². The number of tetrazole rings is 1. The Bertz CT molecular complexity index is 611. The summed E-state index contributed by atoms with van der Waals surface area (Å²) in [7, 11) is 0. The van der Waals surface area contributed by atoms with Crippen LogP contribution < -0.4 is 5.32 Å². The van der Waals surface area contributed by atoms with Crippen LogP contribution in [0.15, 0.2) is 30.5 Å². The van der Waals surface area contributed by atoms with Crippen LogP contribution in [0.5, 0.6) is 0 Å². The number of aliphatic hydroxyl groups excluding tert-OH is 1. The number of para-hydroxylation sites is 1. The molecule has 0 spiro atoms. The maximum absolute atomic E-state index is 9.65. The first-order valence-electron chi connectivity index (χ1n) is 5.60. The standard InChI is InChI=1S/C12H12N6O/c1-8(19)10-4-2-3-5-11(10)14-7-9(6-13)12-15-17-18-16-12/h2-5,7-8,14,19H,1H3,(H,15,16,17,18). The van der Waals surface area contributed by atoms with Gasteiger partial charge in [0.2, 0.25) is 5.82 Å². The Morgan fingerprint density at radius 1 is 1.53 bits per heavy atom. The highest BCUT2D eigenvalue weighted by atomic mass is 16.3. The molecule has 0 aliphatic rings. The van der Waals surface area contributed by atoms with Gasteiger partial charge in [0, 0.05) is 17.5 Å². The summed E-state index contributed by atoms with van der Waals surface area (Å²) in [5, 5.41) is 34.8. The molecule has 0 aliphatic heterocycles. The second-order valence-corrected chi connectivity index (χ2v) is 3.81. The monoisotopic (exact) mass is 256 g/mol. The number of allylic oxidation sites excluding steroid dienone is 1. The number of aromatic amines is 1. The molecule has 7 nitrogen and oxygen atoms in total. The van der Waals surface area contributed by atoms with Gasteiger partial charge in [-0.05, 0) is 18.2 Å². The molecule has 0 bridgehead atoms. The highest BCUT2D eigenvalue weighted by Crippen LogP contribution is 2.22. The lowest BCUT2D eigenvalue weighted by atomic mass is 10.1. The maximum atomic E-state index is 9.65. The van der Waals surface area contributed by atoms with Gasteiger partial charge in [0.05, 0.1) is 6.10 Å². The molecule has 1 aromatic heterocycles. The zero-order chi connectivity index (χ0) is 13.7. The summed E-state index contributed by atoms with van der Waals surface area (Å²) in [6.07, 6.45) is 0.874. The number of nitriles is 1. The zero-order valence-electron chi connectivity index (χ0n) is 10.2. The van der Waals surface area contributed by atoms with Crippen LogP contribution in [0.4, 0.5) is 5.69 Å². The molecule has 3 N–H and O–H groups in total. The van der Waals surface area contributed by atoms with Crippen molar-refractivity contribution >= 4 is 11.3 Å². The van der Waals surface area contributed by atoms with Crippen LogP contribution in [0.2, 0.25) is 0 Å². The van der Waals surface area contributed by atoms with Crippen molar-refractivity contribution in [1.82, 2.24) is 20.6 Å². The van der Waals surface area contributed by atoms with Crippen LogP contribution in [0, 0.1) is 11.3 Å². The van der Waals surface area contributed by atoms with Crippen molar-refractivity contribution in [1.29, 1.82) is 5.26 Å². The van der Waals surface area contributed by atoms with Gasteiger partial charge in [0.25, 0.3) is 0 Å². The minimum absolute atomic E-state index is 0.213. The molecule has 0 amide bonds. The van der Waals surface area contributed by atoms with E-state index < -0.39 is 6.10 Å². The molecule has 0 aliphatic carbocycles. The van der Waals surface area contributed by atoms with Crippen molar-refractivity contribution < 1.29 is 5.11 Å². The third-order valence-electron chi connectivity index (χ3n) is 2.49. The van der Waals surface area contributed by atoms with E-state index in [1.165, 1.54) is 6.20 Å². The molecule has 1 heterocycles. The summed E-state index contributed by atoms with van der Waals surface area (Å²) < 4.78 is 0. The molecular weight excluding hydrogens is 244 g/mol. The first kappa shape index (κ1) is 12.7. The smallest absolute Gasteiger partial charge is 0.216 e. The molecular formula is C12H12N6O. The fourth-order valence-corrected chi connectivity index (χ4v) is 1.57. The number of aliphatic hydroxyl groups is 1. The number of H-pyrrole nitrogens is 1. The molecule has 7 heteroatoms. The van der Waals surface area contributed by atoms with Gasteiger partial charge in [0.1, 0.15) is 11.6 Å². The average molecular weight is 256 g/mol. The summed E-state index contributed by atoms with van der Waals surface area (Å²) >= 11 is 0. The molecule has 0 radical (unpaired) electrons. The van der Waals surface area contributed by atoms with Gasteiger partial charge in [-0.2, -0.15) is 10.5 Å². The largest absolute Gasteiger partial charge is 0.389 e. The molecule has 1 atom stereocenters.